The molecule has 3 rings (SSSR count). The van der Waals surface area contributed by atoms with Crippen LogP contribution in [0.5, 0.6) is 0 Å². The van der Waals surface area contributed by atoms with E-state index >= 15 is 0 Å². The molecule has 9 heteroatoms. The van der Waals surface area contributed by atoms with Gasteiger partial charge in [0, 0.05) is 12.2 Å². The van der Waals surface area contributed by atoms with Crippen molar-refractivity contribution in [1.82, 2.24) is 4.57 Å². The van der Waals surface area contributed by atoms with Gasteiger partial charge < -0.3 is 9.67 Å². The lowest BCUT2D eigenvalue weighted by Gasteiger charge is -2.18. The molecule has 0 spiro atoms. The van der Waals surface area contributed by atoms with E-state index in [0.29, 0.717) is 18.9 Å². The fourth-order valence-corrected chi connectivity index (χ4v) is 2.52. The Bertz CT molecular complexity index is 896. The van der Waals surface area contributed by atoms with E-state index in [4.69, 9.17) is 5.11 Å². The Labute approximate surface area is 124 Å². The number of hydrogen-bond donors (Lipinski definition) is 1. The number of alkyl halides is 3. The average Bonchev–Trinajstić information content (AvgIpc) is 3.24. The van der Waals surface area contributed by atoms with E-state index < -0.39 is 57.3 Å². The van der Waals surface area contributed by atoms with Crippen molar-refractivity contribution in [3.8, 4) is 0 Å². The van der Waals surface area contributed by atoms with Gasteiger partial charge in [-0.05, 0) is 18.9 Å². The van der Waals surface area contributed by atoms with Gasteiger partial charge in [-0.25, -0.2) is 13.6 Å². The molecule has 1 N–H and O–H groups in total. The van der Waals surface area contributed by atoms with Gasteiger partial charge >= 0.3 is 12.1 Å². The third-order valence-electron chi connectivity index (χ3n) is 3.66. The highest BCUT2D eigenvalue weighted by Crippen LogP contribution is 2.42. The number of nitrogens with zero attached hydrogens (tertiary/aromatic N) is 1. The Kier molecular flexibility index (Phi) is 3.20. The zero-order chi connectivity index (χ0) is 17.1. The van der Waals surface area contributed by atoms with E-state index in [0.717, 1.165) is 10.8 Å². The van der Waals surface area contributed by atoms with Crippen LogP contribution in [0, 0.1) is 11.6 Å². The molecule has 0 atom stereocenters. The number of pyridine rings is 1. The lowest BCUT2D eigenvalue weighted by Crippen LogP contribution is -2.22. The van der Waals surface area contributed by atoms with Crippen molar-refractivity contribution in [2.75, 3.05) is 0 Å². The molecule has 0 bridgehead atoms. The number of aromatic nitrogens is 1. The summed E-state index contributed by atoms with van der Waals surface area (Å²) in [5.41, 5.74) is -4.79. The molecule has 0 radical (unpaired) electrons. The second-order valence-corrected chi connectivity index (χ2v) is 5.26. The topological polar surface area (TPSA) is 59.3 Å². The quantitative estimate of drug-likeness (QED) is 0.858. The molecule has 1 aliphatic rings. The largest absolute Gasteiger partial charge is 0.477 e. The maximum Gasteiger partial charge on any atom is 0.421 e. The van der Waals surface area contributed by atoms with Crippen LogP contribution in [0.1, 0.15) is 34.8 Å². The van der Waals surface area contributed by atoms with Crippen molar-refractivity contribution in [2.45, 2.75) is 25.1 Å². The average molecular weight is 333 g/mol. The molecule has 0 unspecified atom stereocenters. The van der Waals surface area contributed by atoms with Gasteiger partial charge in [0.05, 0.1) is 10.9 Å². The highest BCUT2D eigenvalue weighted by Gasteiger charge is 2.41. The van der Waals surface area contributed by atoms with E-state index in [1.54, 1.807) is 0 Å². The minimum absolute atomic E-state index is 0.313. The first kappa shape index (κ1) is 15.4. The first-order valence-corrected chi connectivity index (χ1v) is 6.50. The Morgan fingerprint density at radius 3 is 2.35 bits per heavy atom. The molecule has 1 aromatic heterocycles. The van der Waals surface area contributed by atoms with Crippen LogP contribution >= 0.6 is 0 Å². The zero-order valence-corrected chi connectivity index (χ0v) is 11.2. The molecule has 1 aromatic carbocycles. The first-order chi connectivity index (χ1) is 10.6. The highest BCUT2D eigenvalue weighted by molar-refractivity contribution is 5.93. The third-order valence-corrected chi connectivity index (χ3v) is 3.66. The molecule has 2 aromatic rings. The Balaban J connectivity index is 2.57. The van der Waals surface area contributed by atoms with Gasteiger partial charge in [-0.3, -0.25) is 4.79 Å². The molecule has 1 aliphatic carbocycles. The van der Waals surface area contributed by atoms with Gasteiger partial charge in [-0.2, -0.15) is 13.2 Å². The van der Waals surface area contributed by atoms with E-state index in [1.807, 2.05) is 0 Å². The summed E-state index contributed by atoms with van der Waals surface area (Å²) in [4.78, 5) is 23.1. The molecular weight excluding hydrogens is 325 g/mol. The predicted octanol–water partition coefficient (Wildman–Crippen LogP) is 3.33. The van der Waals surface area contributed by atoms with Crippen LogP contribution in [0.15, 0.2) is 17.1 Å². The maximum absolute atomic E-state index is 13.8. The molecule has 4 nitrogen and oxygen atoms in total. The number of fused-ring (bicyclic) bond motifs is 1. The van der Waals surface area contributed by atoms with Crippen LogP contribution in [-0.2, 0) is 6.18 Å². The van der Waals surface area contributed by atoms with Crippen LogP contribution in [0.2, 0.25) is 0 Å². The van der Waals surface area contributed by atoms with Crippen LogP contribution < -0.4 is 5.43 Å². The van der Waals surface area contributed by atoms with Crippen molar-refractivity contribution < 1.29 is 31.9 Å². The molecule has 1 heterocycles. The fourth-order valence-electron chi connectivity index (χ4n) is 2.52. The summed E-state index contributed by atoms with van der Waals surface area (Å²) < 4.78 is 67.7. The summed E-state index contributed by atoms with van der Waals surface area (Å²) in [5.74, 6) is -5.61. The van der Waals surface area contributed by atoms with Gasteiger partial charge in [-0.15, -0.1) is 0 Å². The lowest BCUT2D eigenvalue weighted by molar-refractivity contribution is -0.139. The van der Waals surface area contributed by atoms with E-state index in [-0.39, 0.29) is 0 Å². The second-order valence-electron chi connectivity index (χ2n) is 5.26. The third kappa shape index (κ3) is 2.36. The normalized spacial score (nSPS) is 15.2. The van der Waals surface area contributed by atoms with Crippen LogP contribution in [0.25, 0.3) is 10.9 Å². The maximum atomic E-state index is 13.8. The number of carbonyl (C=O) groups is 1. The van der Waals surface area contributed by atoms with Gasteiger partial charge in [-0.1, -0.05) is 0 Å². The summed E-state index contributed by atoms with van der Waals surface area (Å²) >= 11 is 0. The Morgan fingerprint density at radius 1 is 1.26 bits per heavy atom. The number of halogens is 5. The summed E-state index contributed by atoms with van der Waals surface area (Å²) in [6, 6.07) is -0.171. The second kappa shape index (κ2) is 4.77. The summed E-state index contributed by atoms with van der Waals surface area (Å²) in [5, 5.41) is 8.20. The Morgan fingerprint density at radius 2 is 1.87 bits per heavy atom. The molecule has 0 aliphatic heterocycles. The van der Waals surface area contributed by atoms with Gasteiger partial charge in [0.15, 0.2) is 11.6 Å². The number of aromatic carboxylic acids is 1. The van der Waals surface area contributed by atoms with E-state index in [1.165, 1.54) is 0 Å². The van der Waals surface area contributed by atoms with Crippen molar-refractivity contribution in [3.05, 3.63) is 45.2 Å². The summed E-state index contributed by atoms with van der Waals surface area (Å²) in [6.07, 6.45) is -3.57. The van der Waals surface area contributed by atoms with E-state index in [9.17, 15) is 31.5 Å². The molecule has 1 saturated carbocycles. The first-order valence-electron chi connectivity index (χ1n) is 6.50. The number of carboxylic acid groups (broad SMARTS) is 1. The smallest absolute Gasteiger partial charge is 0.421 e. The summed E-state index contributed by atoms with van der Waals surface area (Å²) in [6.45, 7) is 0. The lowest BCUT2D eigenvalue weighted by atomic mass is 10.0. The monoisotopic (exact) mass is 333 g/mol. The molecule has 23 heavy (non-hydrogen) atoms. The van der Waals surface area contributed by atoms with Crippen LogP contribution in [-0.4, -0.2) is 15.6 Å². The summed E-state index contributed by atoms with van der Waals surface area (Å²) in [7, 11) is 0. The zero-order valence-electron chi connectivity index (χ0n) is 11.2. The molecule has 0 amide bonds. The van der Waals surface area contributed by atoms with Crippen molar-refractivity contribution in [1.29, 1.82) is 0 Å². The highest BCUT2D eigenvalue weighted by atomic mass is 19.4. The van der Waals surface area contributed by atoms with Crippen molar-refractivity contribution in [2.24, 2.45) is 0 Å². The molecule has 0 saturated heterocycles. The van der Waals surface area contributed by atoms with Crippen LogP contribution in [0.4, 0.5) is 22.0 Å². The SMILES string of the molecule is O=C(O)c1cn(C2CC2)c2c(C(F)(F)F)c(F)c(F)cc2c1=O. The van der Waals surface area contributed by atoms with Gasteiger partial charge in [0.2, 0.25) is 5.43 Å². The number of carboxylic acids is 1. The Hall–Kier alpha value is -2.45. The van der Waals surface area contributed by atoms with Gasteiger partial charge in [0.25, 0.3) is 0 Å². The van der Waals surface area contributed by atoms with E-state index in [2.05, 4.69) is 0 Å². The number of benzene rings is 1. The number of hydrogen-bond acceptors (Lipinski definition) is 2. The standard InChI is InChI=1S/C14H8F5NO3/c15-8-3-6-11(9(10(8)16)14(17,18)19)20(5-1-2-5)4-7(12(6)21)13(22)23/h3-5H,1-2H2,(H,22,23). The van der Waals surface area contributed by atoms with Crippen molar-refractivity contribution in [3.63, 3.8) is 0 Å². The molecular formula is C14H8F5NO3. The van der Waals surface area contributed by atoms with Crippen LogP contribution in [0.3, 0.4) is 0 Å². The number of rotatable bonds is 2. The molecule has 122 valence electrons. The fraction of sp³-hybridized carbons (Fsp3) is 0.286. The minimum Gasteiger partial charge on any atom is -0.477 e. The molecule has 1 fully saturated rings. The van der Waals surface area contributed by atoms with Crippen molar-refractivity contribution >= 4 is 16.9 Å². The minimum atomic E-state index is -5.24. The predicted molar refractivity (Wildman–Crippen MR) is 68.4 cm³/mol. The van der Waals surface area contributed by atoms with Gasteiger partial charge in [0.1, 0.15) is 11.1 Å².